The molecule has 29 heavy (non-hydrogen) atoms. The average Bonchev–Trinajstić information content (AvgIpc) is 3.14. The van der Waals surface area contributed by atoms with Crippen LogP contribution in [0, 0.1) is 0 Å². The predicted molar refractivity (Wildman–Crippen MR) is 106 cm³/mol. The first-order valence-corrected chi connectivity index (χ1v) is 9.69. The fourth-order valence-electron chi connectivity index (χ4n) is 3.18. The van der Waals surface area contributed by atoms with Crippen LogP contribution in [0.4, 0.5) is 0 Å². The van der Waals surface area contributed by atoms with Crippen molar-refractivity contribution in [2.24, 2.45) is 0 Å². The highest BCUT2D eigenvalue weighted by molar-refractivity contribution is 6.43. The molecule has 0 saturated carbocycles. The van der Waals surface area contributed by atoms with E-state index < -0.39 is 37.0 Å². The first kappa shape index (κ1) is 22.9. The number of aryl methyl sites for hydroxylation is 1. The summed E-state index contributed by atoms with van der Waals surface area (Å²) in [5, 5.41) is 26.9. The smallest absolute Gasteiger partial charge is 0.426 e. The molecule has 10 heteroatoms. The number of benzene rings is 1. The van der Waals surface area contributed by atoms with Crippen molar-refractivity contribution >= 4 is 24.8 Å². The molecule has 9 nitrogen and oxygen atoms in total. The van der Waals surface area contributed by atoms with E-state index in [1.807, 2.05) is 30.3 Å². The van der Waals surface area contributed by atoms with Gasteiger partial charge >= 0.3 is 7.12 Å². The zero-order chi connectivity index (χ0) is 21.2. The van der Waals surface area contributed by atoms with Crippen molar-refractivity contribution in [2.45, 2.75) is 50.1 Å². The van der Waals surface area contributed by atoms with E-state index in [1.165, 1.54) is 7.11 Å². The van der Waals surface area contributed by atoms with Gasteiger partial charge in [-0.2, -0.15) is 0 Å². The van der Waals surface area contributed by atoms with Crippen molar-refractivity contribution in [3.05, 3.63) is 35.9 Å². The van der Waals surface area contributed by atoms with Gasteiger partial charge in [-0.25, -0.2) is 0 Å². The lowest BCUT2D eigenvalue weighted by Crippen LogP contribution is -2.57. The van der Waals surface area contributed by atoms with Gasteiger partial charge in [0.2, 0.25) is 17.7 Å². The molecular weight excluding hydrogens is 377 g/mol. The molecule has 0 aliphatic carbocycles. The van der Waals surface area contributed by atoms with Gasteiger partial charge in [-0.05, 0) is 31.2 Å². The highest BCUT2D eigenvalue weighted by Crippen LogP contribution is 2.09. The lowest BCUT2D eigenvalue weighted by molar-refractivity contribution is -0.131. The monoisotopic (exact) mass is 405 g/mol. The fourth-order valence-corrected chi connectivity index (χ4v) is 3.18. The molecule has 0 spiro atoms. The lowest BCUT2D eigenvalue weighted by Gasteiger charge is -2.23. The highest BCUT2D eigenvalue weighted by atomic mass is 16.5. The van der Waals surface area contributed by atoms with Gasteiger partial charge in [0.05, 0.1) is 12.5 Å². The third kappa shape index (κ3) is 7.49. The summed E-state index contributed by atoms with van der Waals surface area (Å²) in [6.07, 6.45) is 2.36. The maximum absolute atomic E-state index is 12.6. The van der Waals surface area contributed by atoms with Crippen LogP contribution in [-0.4, -0.2) is 66.6 Å². The molecule has 1 aliphatic rings. The SMILES string of the molecule is COCC(NC(=O)[C@@H]1CCC(=O)N1)C(=O)NC(CCCc1ccccc1)B(O)O. The van der Waals surface area contributed by atoms with Crippen molar-refractivity contribution in [3.8, 4) is 0 Å². The average molecular weight is 405 g/mol. The van der Waals surface area contributed by atoms with Crippen molar-refractivity contribution in [3.63, 3.8) is 0 Å². The van der Waals surface area contributed by atoms with Gasteiger partial charge in [0.1, 0.15) is 12.1 Å². The topological polar surface area (TPSA) is 137 Å². The van der Waals surface area contributed by atoms with Crippen LogP contribution >= 0.6 is 0 Å². The second-order valence-electron chi connectivity index (χ2n) is 7.08. The molecule has 2 unspecified atom stereocenters. The first-order chi connectivity index (χ1) is 13.9. The van der Waals surface area contributed by atoms with Gasteiger partial charge in [-0.15, -0.1) is 0 Å². The molecule has 1 fully saturated rings. The van der Waals surface area contributed by atoms with Crippen LogP contribution in [0.3, 0.4) is 0 Å². The molecule has 1 aromatic carbocycles. The largest absolute Gasteiger partial charge is 0.475 e. The highest BCUT2D eigenvalue weighted by Gasteiger charge is 2.32. The Hall–Kier alpha value is -2.43. The summed E-state index contributed by atoms with van der Waals surface area (Å²) in [5.74, 6) is -2.14. The van der Waals surface area contributed by atoms with Gasteiger partial charge in [0.25, 0.3) is 0 Å². The number of rotatable bonds is 11. The predicted octanol–water partition coefficient (Wildman–Crippen LogP) is -1.08. The minimum atomic E-state index is -1.73. The van der Waals surface area contributed by atoms with E-state index in [2.05, 4.69) is 16.0 Å². The van der Waals surface area contributed by atoms with Crippen LogP contribution in [0.2, 0.25) is 0 Å². The summed E-state index contributed by atoms with van der Waals surface area (Å²) < 4.78 is 5.00. The number of ether oxygens (including phenoxy) is 1. The normalized spacial score (nSPS) is 17.9. The number of methoxy groups -OCH3 is 1. The summed E-state index contributed by atoms with van der Waals surface area (Å²) in [4.78, 5) is 36.1. The Balaban J connectivity index is 1.88. The number of carbonyl (C=O) groups excluding carboxylic acids is 3. The summed E-state index contributed by atoms with van der Waals surface area (Å²) >= 11 is 0. The van der Waals surface area contributed by atoms with Gasteiger partial charge in [-0.1, -0.05) is 30.3 Å². The second-order valence-corrected chi connectivity index (χ2v) is 7.08. The van der Waals surface area contributed by atoms with Crippen molar-refractivity contribution in [1.82, 2.24) is 16.0 Å². The molecule has 5 N–H and O–H groups in total. The van der Waals surface area contributed by atoms with Crippen LogP contribution in [0.25, 0.3) is 0 Å². The molecule has 3 amide bonds. The molecule has 3 atom stereocenters. The number of hydrogen-bond acceptors (Lipinski definition) is 6. The zero-order valence-electron chi connectivity index (χ0n) is 16.5. The summed E-state index contributed by atoms with van der Waals surface area (Å²) in [5.41, 5.74) is 1.12. The second kappa shape index (κ2) is 11.5. The number of nitrogens with one attached hydrogen (secondary N) is 3. The lowest BCUT2D eigenvalue weighted by atomic mass is 9.76. The van der Waals surface area contributed by atoms with Crippen molar-refractivity contribution < 1.29 is 29.2 Å². The van der Waals surface area contributed by atoms with Gasteiger partial charge in [-0.3, -0.25) is 14.4 Å². The van der Waals surface area contributed by atoms with Crippen LogP contribution < -0.4 is 16.0 Å². The van der Waals surface area contributed by atoms with Gasteiger partial charge < -0.3 is 30.7 Å². The zero-order valence-corrected chi connectivity index (χ0v) is 16.5. The van der Waals surface area contributed by atoms with Crippen LogP contribution in [0.5, 0.6) is 0 Å². The van der Waals surface area contributed by atoms with E-state index in [4.69, 9.17) is 4.74 Å². The van der Waals surface area contributed by atoms with Crippen molar-refractivity contribution in [2.75, 3.05) is 13.7 Å². The third-order valence-corrected chi connectivity index (χ3v) is 4.79. The summed E-state index contributed by atoms with van der Waals surface area (Å²) in [6.45, 7) is -0.0868. The van der Waals surface area contributed by atoms with E-state index in [9.17, 15) is 24.4 Å². The van der Waals surface area contributed by atoms with E-state index in [0.29, 0.717) is 19.3 Å². The van der Waals surface area contributed by atoms with Crippen LogP contribution in [-0.2, 0) is 25.5 Å². The molecule has 0 aromatic heterocycles. The summed E-state index contributed by atoms with van der Waals surface area (Å²) in [6, 6.07) is 8.05. The van der Waals surface area contributed by atoms with E-state index in [-0.39, 0.29) is 18.9 Å². The Kier molecular flexibility index (Phi) is 9.10. The molecule has 1 aromatic rings. The number of hydrogen-bond donors (Lipinski definition) is 5. The minimum Gasteiger partial charge on any atom is -0.426 e. The van der Waals surface area contributed by atoms with E-state index in [1.54, 1.807) is 0 Å². The Morgan fingerprint density at radius 3 is 2.59 bits per heavy atom. The quantitative estimate of drug-likeness (QED) is 0.297. The van der Waals surface area contributed by atoms with Crippen molar-refractivity contribution in [1.29, 1.82) is 0 Å². The fraction of sp³-hybridized carbons (Fsp3) is 0.526. The molecule has 0 radical (unpaired) electrons. The van der Waals surface area contributed by atoms with Crippen LogP contribution in [0.15, 0.2) is 30.3 Å². The van der Waals surface area contributed by atoms with E-state index in [0.717, 1.165) is 12.0 Å². The Morgan fingerprint density at radius 1 is 1.28 bits per heavy atom. The molecule has 2 rings (SSSR count). The van der Waals surface area contributed by atoms with E-state index >= 15 is 0 Å². The Labute approximate surface area is 170 Å². The molecule has 0 bridgehead atoms. The maximum atomic E-state index is 12.6. The first-order valence-electron chi connectivity index (χ1n) is 9.69. The maximum Gasteiger partial charge on any atom is 0.475 e. The molecule has 158 valence electrons. The Bertz CT molecular complexity index is 688. The molecule has 1 aliphatic heterocycles. The van der Waals surface area contributed by atoms with Crippen LogP contribution in [0.1, 0.15) is 31.2 Å². The standard InChI is InChI=1S/C19H28BN3O6/c1-29-12-15(22-18(25)14-10-11-17(24)21-14)19(26)23-16(20(27)28)9-5-8-13-6-3-2-4-7-13/h2-4,6-7,14-16,27-28H,5,8-12H2,1H3,(H,21,24)(H,22,25)(H,23,26)/t14-,15?,16?/m0/s1. The minimum absolute atomic E-state index is 0.0868. The molecule has 1 heterocycles. The Morgan fingerprint density at radius 2 is 2.00 bits per heavy atom. The van der Waals surface area contributed by atoms with Gasteiger partial charge in [0.15, 0.2) is 0 Å². The molecular formula is C19H28BN3O6. The number of amides is 3. The number of carbonyl (C=O) groups is 3. The molecule has 1 saturated heterocycles. The third-order valence-electron chi connectivity index (χ3n) is 4.79. The van der Waals surface area contributed by atoms with Gasteiger partial charge in [0, 0.05) is 13.5 Å². The summed E-state index contributed by atoms with van der Waals surface area (Å²) in [7, 11) is -0.343.